The molecule has 0 aromatic heterocycles. The largest absolute Gasteiger partial charge is 0.465 e. The molecule has 0 heterocycles. The smallest absolute Gasteiger partial charge is 0.339 e. The van der Waals surface area contributed by atoms with Crippen LogP contribution in [0.5, 0.6) is 0 Å². The van der Waals surface area contributed by atoms with Gasteiger partial charge in [-0.2, -0.15) is 0 Å². The number of nitrogens with two attached hydrogens (primary N) is 1. The molecule has 0 spiro atoms. The van der Waals surface area contributed by atoms with Gasteiger partial charge < -0.3 is 15.0 Å². The average molecular weight is 474 g/mol. The van der Waals surface area contributed by atoms with Crippen LogP contribution >= 0.6 is 0 Å². The minimum atomic E-state index is -0.419. The Bertz CT molecular complexity index is 1150. The summed E-state index contributed by atoms with van der Waals surface area (Å²) in [5, 5.41) is 3.38. The molecular formula is C29H35N3O3. The van der Waals surface area contributed by atoms with Gasteiger partial charge in [0.2, 0.25) is 0 Å². The van der Waals surface area contributed by atoms with Crippen LogP contribution in [0, 0.1) is 6.92 Å². The maximum absolute atomic E-state index is 12.4. The normalized spacial score (nSPS) is 13.9. The van der Waals surface area contributed by atoms with Crippen LogP contribution in [0.15, 0.2) is 60.7 Å². The molecule has 0 amide bonds. The Hall–Kier alpha value is -3.35. The van der Waals surface area contributed by atoms with Gasteiger partial charge in [0.1, 0.15) is 0 Å². The third kappa shape index (κ3) is 5.84. The Morgan fingerprint density at radius 3 is 2.31 bits per heavy atom. The molecule has 3 aromatic carbocycles. The zero-order chi connectivity index (χ0) is 24.8. The van der Waals surface area contributed by atoms with E-state index in [-0.39, 0.29) is 6.61 Å². The van der Waals surface area contributed by atoms with E-state index < -0.39 is 5.97 Å². The van der Waals surface area contributed by atoms with Crippen LogP contribution in [-0.2, 0) is 16.2 Å². The maximum atomic E-state index is 12.4. The number of methoxy groups -OCH3 is 1. The lowest BCUT2D eigenvalue weighted by molar-refractivity contribution is 0.0601. The fourth-order valence-electron chi connectivity index (χ4n) is 4.86. The highest BCUT2D eigenvalue weighted by molar-refractivity contribution is 5.97. The molecule has 6 nitrogen and oxygen atoms in total. The summed E-state index contributed by atoms with van der Waals surface area (Å²) in [6, 6.07) is 20.7. The van der Waals surface area contributed by atoms with E-state index in [1.807, 2.05) is 18.2 Å². The van der Waals surface area contributed by atoms with Crippen LogP contribution in [0.3, 0.4) is 0 Å². The van der Waals surface area contributed by atoms with Crippen LogP contribution < -0.4 is 16.1 Å². The molecule has 1 saturated carbocycles. The van der Waals surface area contributed by atoms with Crippen LogP contribution in [0.25, 0.3) is 0 Å². The topological polar surface area (TPSA) is 76.8 Å². The van der Waals surface area contributed by atoms with Gasteiger partial charge in [-0.1, -0.05) is 37.5 Å². The number of carbonyl (C=O) groups is 1. The number of benzene rings is 3. The van der Waals surface area contributed by atoms with Crippen molar-refractivity contribution in [2.45, 2.75) is 51.6 Å². The fourth-order valence-corrected chi connectivity index (χ4v) is 4.86. The summed E-state index contributed by atoms with van der Waals surface area (Å²) in [7, 11) is 3.46. The predicted molar refractivity (Wildman–Crippen MR) is 142 cm³/mol. The molecule has 0 unspecified atom stereocenters. The zero-order valence-corrected chi connectivity index (χ0v) is 20.8. The van der Waals surface area contributed by atoms with Crippen molar-refractivity contribution < 1.29 is 14.4 Å². The van der Waals surface area contributed by atoms with Gasteiger partial charge in [0.15, 0.2) is 0 Å². The molecule has 3 aromatic rings. The van der Waals surface area contributed by atoms with E-state index in [4.69, 9.17) is 15.5 Å². The number of nitrogens with zero attached hydrogens (tertiary/aromatic N) is 1. The molecule has 184 valence electrons. The predicted octanol–water partition coefficient (Wildman–Crippen LogP) is 6.73. The molecule has 4 rings (SSSR count). The SMILES string of the molecule is COC(=O)c1cc(CON)ccc1Nc1ccc(N(C)c2ccc(C3CCCCC3)cc2)cc1C. The molecule has 1 fully saturated rings. The first-order valence-corrected chi connectivity index (χ1v) is 12.2. The molecule has 1 aliphatic rings. The van der Waals surface area contributed by atoms with E-state index in [2.05, 4.69) is 60.6 Å². The van der Waals surface area contributed by atoms with Crippen molar-refractivity contribution >= 4 is 28.7 Å². The van der Waals surface area contributed by atoms with Gasteiger partial charge in [-0.25, -0.2) is 10.7 Å². The number of rotatable bonds is 8. The molecule has 1 aliphatic carbocycles. The van der Waals surface area contributed by atoms with Crippen molar-refractivity contribution in [2.24, 2.45) is 5.90 Å². The van der Waals surface area contributed by atoms with E-state index in [1.165, 1.54) is 44.8 Å². The lowest BCUT2D eigenvalue weighted by Crippen LogP contribution is -2.11. The van der Waals surface area contributed by atoms with Crippen LogP contribution in [-0.4, -0.2) is 20.1 Å². The van der Waals surface area contributed by atoms with Gasteiger partial charge in [-0.3, -0.25) is 4.84 Å². The molecule has 0 bridgehead atoms. The Morgan fingerprint density at radius 1 is 0.971 bits per heavy atom. The molecule has 35 heavy (non-hydrogen) atoms. The van der Waals surface area contributed by atoms with Gasteiger partial charge in [0.05, 0.1) is 25.0 Å². The van der Waals surface area contributed by atoms with Crippen molar-refractivity contribution in [2.75, 3.05) is 24.4 Å². The third-order valence-electron chi connectivity index (χ3n) is 6.96. The highest BCUT2D eigenvalue weighted by Crippen LogP contribution is 2.35. The first kappa shape index (κ1) is 24.8. The summed E-state index contributed by atoms with van der Waals surface area (Å²) in [5.74, 6) is 5.48. The van der Waals surface area contributed by atoms with E-state index in [0.29, 0.717) is 17.2 Å². The summed E-state index contributed by atoms with van der Waals surface area (Å²) < 4.78 is 4.97. The van der Waals surface area contributed by atoms with E-state index >= 15 is 0 Å². The highest BCUT2D eigenvalue weighted by atomic mass is 16.6. The Kier molecular flexibility index (Phi) is 8.06. The van der Waals surface area contributed by atoms with Gasteiger partial charge >= 0.3 is 5.97 Å². The number of esters is 1. The van der Waals surface area contributed by atoms with Crippen molar-refractivity contribution in [1.82, 2.24) is 0 Å². The summed E-state index contributed by atoms with van der Waals surface area (Å²) in [4.78, 5) is 19.3. The average Bonchev–Trinajstić information content (AvgIpc) is 2.90. The van der Waals surface area contributed by atoms with Crippen molar-refractivity contribution in [1.29, 1.82) is 0 Å². The molecule has 0 radical (unpaired) electrons. The van der Waals surface area contributed by atoms with Crippen molar-refractivity contribution in [3.8, 4) is 0 Å². The minimum absolute atomic E-state index is 0.214. The standard InChI is InChI=1S/C29H35N3O3/c1-20-17-25(32(2)24-12-10-23(11-13-24)22-7-5-4-6-8-22)14-16-27(20)31-28-15-9-21(19-35-30)18-26(28)29(33)34-3/h9-18,22,31H,4-8,19,30H2,1-3H3. The van der Waals surface area contributed by atoms with Crippen LogP contribution in [0.4, 0.5) is 22.7 Å². The maximum Gasteiger partial charge on any atom is 0.339 e. The highest BCUT2D eigenvalue weighted by Gasteiger charge is 2.17. The number of carbonyl (C=O) groups excluding carboxylic acids is 1. The Labute approximate surface area is 208 Å². The third-order valence-corrected chi connectivity index (χ3v) is 6.96. The van der Waals surface area contributed by atoms with Crippen molar-refractivity contribution in [3.63, 3.8) is 0 Å². The van der Waals surface area contributed by atoms with Gasteiger partial charge in [0, 0.05) is 24.1 Å². The van der Waals surface area contributed by atoms with E-state index in [1.54, 1.807) is 6.07 Å². The zero-order valence-electron chi connectivity index (χ0n) is 20.8. The summed E-state index contributed by atoms with van der Waals surface area (Å²) in [6.45, 7) is 2.27. The number of aryl methyl sites for hydroxylation is 1. The molecule has 3 N–H and O–H groups in total. The number of ether oxygens (including phenoxy) is 1. The number of nitrogens with one attached hydrogen (secondary N) is 1. The fraction of sp³-hybridized carbons (Fsp3) is 0.345. The monoisotopic (exact) mass is 473 g/mol. The number of anilines is 4. The van der Waals surface area contributed by atoms with Gasteiger partial charge in [-0.05, 0) is 84.8 Å². The second-order valence-electron chi connectivity index (χ2n) is 9.29. The van der Waals surface area contributed by atoms with Crippen LogP contribution in [0.1, 0.15) is 65.1 Å². The Morgan fingerprint density at radius 2 is 1.66 bits per heavy atom. The summed E-state index contributed by atoms with van der Waals surface area (Å²) in [5.41, 5.74) is 7.60. The quantitative estimate of drug-likeness (QED) is 0.279. The first-order chi connectivity index (χ1) is 17.0. The van der Waals surface area contributed by atoms with Gasteiger partial charge in [0.25, 0.3) is 0 Å². The van der Waals surface area contributed by atoms with E-state index in [9.17, 15) is 4.79 Å². The molecule has 6 heteroatoms. The molecular weight excluding hydrogens is 438 g/mol. The first-order valence-electron chi connectivity index (χ1n) is 12.2. The molecule has 0 saturated heterocycles. The lowest BCUT2D eigenvalue weighted by Gasteiger charge is -2.24. The van der Waals surface area contributed by atoms with Crippen molar-refractivity contribution in [3.05, 3.63) is 82.9 Å². The number of hydrogen-bond donors (Lipinski definition) is 2. The van der Waals surface area contributed by atoms with Crippen LogP contribution in [0.2, 0.25) is 0 Å². The molecule has 0 atom stereocenters. The van der Waals surface area contributed by atoms with Gasteiger partial charge in [-0.15, -0.1) is 0 Å². The minimum Gasteiger partial charge on any atom is -0.465 e. The molecule has 0 aliphatic heterocycles. The lowest BCUT2D eigenvalue weighted by atomic mass is 9.84. The Balaban J connectivity index is 1.51. The van der Waals surface area contributed by atoms with E-state index in [0.717, 1.165) is 28.2 Å². The summed E-state index contributed by atoms with van der Waals surface area (Å²) in [6.07, 6.45) is 6.69. The number of hydrogen-bond acceptors (Lipinski definition) is 6. The summed E-state index contributed by atoms with van der Waals surface area (Å²) >= 11 is 0. The second kappa shape index (κ2) is 11.4. The second-order valence-corrected chi connectivity index (χ2v) is 9.29.